The molecule has 2 aromatic carbocycles. The summed E-state index contributed by atoms with van der Waals surface area (Å²) < 4.78 is 0. The lowest BCUT2D eigenvalue weighted by atomic mass is 10.0. The molecule has 0 atom stereocenters. The van der Waals surface area contributed by atoms with E-state index in [0.29, 0.717) is 17.3 Å². The van der Waals surface area contributed by atoms with Crippen LogP contribution in [0.1, 0.15) is 42.7 Å². The van der Waals surface area contributed by atoms with Crippen LogP contribution in [0.5, 0.6) is 0 Å². The second-order valence-electron chi connectivity index (χ2n) is 7.02. The number of hydrogen-bond acceptors (Lipinski definition) is 4. The number of anilines is 4. The zero-order chi connectivity index (χ0) is 20.8. The van der Waals surface area contributed by atoms with Crippen molar-refractivity contribution in [3.63, 3.8) is 0 Å². The molecule has 1 heterocycles. The van der Waals surface area contributed by atoms with Gasteiger partial charge in [0.2, 0.25) is 5.91 Å². The van der Waals surface area contributed by atoms with Crippen molar-refractivity contribution < 1.29 is 9.59 Å². The number of aromatic nitrogens is 1. The quantitative estimate of drug-likeness (QED) is 0.545. The molecule has 6 nitrogen and oxygen atoms in total. The Bertz CT molecular complexity index is 1010. The number of nitrogens with zero attached hydrogens (tertiary/aromatic N) is 1. The highest BCUT2D eigenvalue weighted by atomic mass is 16.2. The van der Waals surface area contributed by atoms with Crippen molar-refractivity contribution in [1.29, 1.82) is 0 Å². The van der Waals surface area contributed by atoms with Gasteiger partial charge in [0.15, 0.2) is 0 Å². The van der Waals surface area contributed by atoms with Gasteiger partial charge >= 0.3 is 0 Å². The zero-order valence-electron chi connectivity index (χ0n) is 16.7. The van der Waals surface area contributed by atoms with Crippen LogP contribution >= 0.6 is 0 Å². The average Bonchev–Trinajstić information content (AvgIpc) is 2.68. The molecule has 0 unspecified atom stereocenters. The van der Waals surface area contributed by atoms with Gasteiger partial charge in [-0.05, 0) is 47.9 Å². The van der Waals surface area contributed by atoms with Crippen molar-refractivity contribution in [3.05, 3.63) is 78.1 Å². The first-order valence-corrected chi connectivity index (χ1v) is 9.43. The van der Waals surface area contributed by atoms with Crippen LogP contribution in [0.4, 0.5) is 22.7 Å². The van der Waals surface area contributed by atoms with E-state index in [1.54, 1.807) is 18.3 Å². The summed E-state index contributed by atoms with van der Waals surface area (Å²) in [5, 5.41) is 8.90. The molecule has 0 aliphatic rings. The summed E-state index contributed by atoms with van der Waals surface area (Å²) in [6, 6.07) is 18.6. The lowest BCUT2D eigenvalue weighted by Gasteiger charge is -2.13. The molecule has 0 fully saturated rings. The minimum absolute atomic E-state index is 0.127. The predicted molar refractivity (Wildman–Crippen MR) is 117 cm³/mol. The average molecular weight is 388 g/mol. The molecule has 3 N–H and O–H groups in total. The van der Waals surface area contributed by atoms with Gasteiger partial charge in [0.05, 0.1) is 11.9 Å². The van der Waals surface area contributed by atoms with E-state index in [-0.39, 0.29) is 11.8 Å². The molecular formula is C23H24N4O2. The zero-order valence-corrected chi connectivity index (χ0v) is 16.7. The van der Waals surface area contributed by atoms with Crippen molar-refractivity contribution in [2.24, 2.45) is 0 Å². The Morgan fingerprint density at radius 1 is 0.862 bits per heavy atom. The molecule has 3 aromatic rings. The van der Waals surface area contributed by atoms with Crippen LogP contribution in [-0.4, -0.2) is 16.8 Å². The molecule has 0 saturated heterocycles. The highest BCUT2D eigenvalue weighted by Gasteiger charge is 2.12. The van der Waals surface area contributed by atoms with E-state index in [1.165, 1.54) is 6.92 Å². The van der Waals surface area contributed by atoms with E-state index in [9.17, 15) is 9.59 Å². The third kappa shape index (κ3) is 5.42. The van der Waals surface area contributed by atoms with Gasteiger partial charge in [0.25, 0.3) is 5.91 Å². The number of nitrogens with one attached hydrogen (secondary N) is 3. The van der Waals surface area contributed by atoms with Gasteiger partial charge in [-0.2, -0.15) is 0 Å². The lowest BCUT2D eigenvalue weighted by Crippen LogP contribution is -2.15. The first-order valence-electron chi connectivity index (χ1n) is 9.43. The summed E-state index contributed by atoms with van der Waals surface area (Å²) in [5.41, 5.74) is 4.46. The second-order valence-corrected chi connectivity index (χ2v) is 7.02. The molecule has 6 heteroatoms. The van der Waals surface area contributed by atoms with Crippen LogP contribution in [0.3, 0.4) is 0 Å². The van der Waals surface area contributed by atoms with Gasteiger partial charge in [-0.1, -0.05) is 38.1 Å². The summed E-state index contributed by atoms with van der Waals surface area (Å²) in [6.45, 7) is 5.64. The Kier molecular flexibility index (Phi) is 6.24. The number of hydrogen-bond donors (Lipinski definition) is 3. The van der Waals surface area contributed by atoms with Gasteiger partial charge in [0, 0.05) is 24.0 Å². The Balaban J connectivity index is 1.69. The minimum Gasteiger partial charge on any atom is -0.354 e. The molecule has 148 valence electrons. The molecule has 3 rings (SSSR count). The van der Waals surface area contributed by atoms with Crippen molar-refractivity contribution >= 4 is 34.6 Å². The van der Waals surface area contributed by atoms with Crippen LogP contribution in [-0.2, 0) is 4.79 Å². The first kappa shape index (κ1) is 20.1. The number of para-hydroxylation sites is 1. The van der Waals surface area contributed by atoms with Crippen molar-refractivity contribution in [2.75, 3.05) is 16.0 Å². The molecular weight excluding hydrogens is 364 g/mol. The van der Waals surface area contributed by atoms with Crippen LogP contribution in [0.25, 0.3) is 0 Å². The van der Waals surface area contributed by atoms with Crippen LogP contribution in [0.15, 0.2) is 66.9 Å². The summed E-state index contributed by atoms with van der Waals surface area (Å²) in [7, 11) is 0. The number of carbonyl (C=O) groups is 2. The fourth-order valence-electron chi connectivity index (χ4n) is 2.95. The Morgan fingerprint density at radius 3 is 2.31 bits per heavy atom. The smallest absolute Gasteiger partial charge is 0.274 e. The molecule has 0 bridgehead atoms. The van der Waals surface area contributed by atoms with Crippen molar-refractivity contribution in [2.45, 2.75) is 26.7 Å². The predicted octanol–water partition coefficient (Wildman–Crippen LogP) is 5.16. The molecule has 0 aliphatic heterocycles. The van der Waals surface area contributed by atoms with Crippen LogP contribution < -0.4 is 16.0 Å². The molecule has 29 heavy (non-hydrogen) atoms. The van der Waals surface area contributed by atoms with Gasteiger partial charge < -0.3 is 16.0 Å². The van der Waals surface area contributed by atoms with Crippen molar-refractivity contribution in [3.8, 4) is 0 Å². The molecule has 0 saturated carbocycles. The maximum absolute atomic E-state index is 12.6. The van der Waals surface area contributed by atoms with E-state index in [1.807, 2.05) is 48.5 Å². The Labute approximate surface area is 170 Å². The largest absolute Gasteiger partial charge is 0.354 e. The maximum atomic E-state index is 12.6. The minimum atomic E-state index is -0.252. The monoisotopic (exact) mass is 388 g/mol. The van der Waals surface area contributed by atoms with Gasteiger partial charge in [0.1, 0.15) is 5.69 Å². The third-order valence-corrected chi connectivity index (χ3v) is 4.30. The van der Waals surface area contributed by atoms with E-state index < -0.39 is 0 Å². The lowest BCUT2D eigenvalue weighted by molar-refractivity contribution is -0.114. The normalized spacial score (nSPS) is 10.5. The Hall–Kier alpha value is -3.67. The number of pyridine rings is 1. The summed E-state index contributed by atoms with van der Waals surface area (Å²) in [4.78, 5) is 28.0. The van der Waals surface area contributed by atoms with E-state index >= 15 is 0 Å². The van der Waals surface area contributed by atoms with Gasteiger partial charge in [-0.3, -0.25) is 9.59 Å². The molecule has 0 spiro atoms. The fraction of sp³-hybridized carbons (Fsp3) is 0.174. The summed E-state index contributed by atoms with van der Waals surface area (Å²) in [5.74, 6) is -0.0742. The van der Waals surface area contributed by atoms with Crippen LogP contribution in [0.2, 0.25) is 0 Å². The molecule has 2 amide bonds. The van der Waals surface area contributed by atoms with Crippen LogP contribution in [0, 0.1) is 0 Å². The summed E-state index contributed by atoms with van der Waals surface area (Å²) >= 11 is 0. The molecule has 0 radical (unpaired) electrons. The molecule has 0 aliphatic carbocycles. The molecule has 1 aromatic heterocycles. The Morgan fingerprint density at radius 2 is 1.62 bits per heavy atom. The standard InChI is InChI=1S/C23H24N4O2/c1-15(2)20-9-4-5-10-21(20)27-23(29)22-12-11-19(14-24-22)26-18-8-6-7-17(13-18)25-16(3)28/h4-15,26H,1-3H3,(H,25,28)(H,27,29). The van der Waals surface area contributed by atoms with Crippen molar-refractivity contribution in [1.82, 2.24) is 4.98 Å². The fourth-order valence-corrected chi connectivity index (χ4v) is 2.95. The van der Waals surface area contributed by atoms with Gasteiger partial charge in [-0.15, -0.1) is 0 Å². The number of benzene rings is 2. The first-order chi connectivity index (χ1) is 13.9. The highest BCUT2D eigenvalue weighted by Crippen LogP contribution is 2.24. The number of rotatable bonds is 6. The third-order valence-electron chi connectivity index (χ3n) is 4.30. The second kappa shape index (κ2) is 9.01. The van der Waals surface area contributed by atoms with E-state index in [4.69, 9.17) is 0 Å². The number of carbonyl (C=O) groups excluding carboxylic acids is 2. The van der Waals surface area contributed by atoms with E-state index in [0.717, 1.165) is 22.6 Å². The SMILES string of the molecule is CC(=O)Nc1cccc(Nc2ccc(C(=O)Nc3ccccc3C(C)C)nc2)c1. The van der Waals surface area contributed by atoms with E-state index in [2.05, 4.69) is 34.8 Å². The van der Waals surface area contributed by atoms with Gasteiger partial charge in [-0.25, -0.2) is 4.98 Å². The number of amides is 2. The topological polar surface area (TPSA) is 83.1 Å². The maximum Gasteiger partial charge on any atom is 0.274 e. The summed E-state index contributed by atoms with van der Waals surface area (Å²) in [6.07, 6.45) is 1.61. The highest BCUT2D eigenvalue weighted by molar-refractivity contribution is 6.03.